The molecule has 2 fully saturated rings. The van der Waals surface area contributed by atoms with E-state index in [4.69, 9.17) is 19.5 Å². The van der Waals surface area contributed by atoms with Crippen LogP contribution in [0.3, 0.4) is 0 Å². The molecule has 0 unspecified atom stereocenters. The van der Waals surface area contributed by atoms with Crippen molar-refractivity contribution in [2.24, 2.45) is 0 Å². The summed E-state index contributed by atoms with van der Waals surface area (Å²) >= 11 is 0.772. The van der Waals surface area contributed by atoms with E-state index in [9.17, 15) is 14.4 Å². The number of hydrogen-bond donors (Lipinski definition) is 1. The van der Waals surface area contributed by atoms with Gasteiger partial charge in [-0.25, -0.2) is 0 Å². The summed E-state index contributed by atoms with van der Waals surface area (Å²) in [7, 11) is 1.46. The minimum Gasteiger partial charge on any atom is -0.493 e. The maximum atomic E-state index is 12.6. The van der Waals surface area contributed by atoms with Crippen molar-refractivity contribution in [3.05, 3.63) is 28.7 Å². The molecular formula is C20H21N3O6S. The first-order valence-electron chi connectivity index (χ1n) is 9.33. The van der Waals surface area contributed by atoms with Crippen LogP contribution >= 0.6 is 11.8 Å². The Kier molecular flexibility index (Phi) is 7.32. The third-order valence-corrected chi connectivity index (χ3v) is 5.41. The Bertz CT molecular complexity index is 904. The first-order valence-corrected chi connectivity index (χ1v) is 10.1. The number of hydrogen-bond acceptors (Lipinski definition) is 8. The van der Waals surface area contributed by atoms with E-state index < -0.39 is 17.1 Å². The first kappa shape index (κ1) is 21.7. The monoisotopic (exact) mass is 431 g/mol. The fourth-order valence-electron chi connectivity index (χ4n) is 3.02. The Hall–Kier alpha value is -3.03. The summed E-state index contributed by atoms with van der Waals surface area (Å²) < 4.78 is 15.9. The Morgan fingerprint density at radius 3 is 2.97 bits per heavy atom. The van der Waals surface area contributed by atoms with Crippen LogP contribution in [0, 0.1) is 11.3 Å². The fraction of sp³-hybridized carbons (Fsp3) is 0.400. The molecule has 2 aliphatic rings. The molecule has 0 aliphatic carbocycles. The van der Waals surface area contributed by atoms with Gasteiger partial charge in [-0.1, -0.05) is 6.07 Å². The molecule has 1 aromatic rings. The number of rotatable bonds is 8. The van der Waals surface area contributed by atoms with Gasteiger partial charge in [-0.3, -0.25) is 19.3 Å². The molecule has 0 spiro atoms. The van der Waals surface area contributed by atoms with E-state index in [0.29, 0.717) is 30.2 Å². The minimum atomic E-state index is -0.527. The van der Waals surface area contributed by atoms with E-state index in [0.717, 1.165) is 29.5 Å². The van der Waals surface area contributed by atoms with Gasteiger partial charge in [0.1, 0.15) is 12.6 Å². The van der Waals surface area contributed by atoms with Crippen molar-refractivity contribution in [3.8, 4) is 17.6 Å². The molecule has 2 heterocycles. The van der Waals surface area contributed by atoms with E-state index >= 15 is 0 Å². The maximum absolute atomic E-state index is 12.6. The number of nitrogens with one attached hydrogen (secondary N) is 1. The molecule has 0 bridgehead atoms. The molecule has 9 nitrogen and oxygen atoms in total. The molecule has 3 amide bonds. The molecular weight excluding hydrogens is 410 g/mol. The Labute approximate surface area is 177 Å². The Balaban J connectivity index is 1.64. The number of carbonyl (C=O) groups is 3. The van der Waals surface area contributed by atoms with Gasteiger partial charge in [0.2, 0.25) is 5.91 Å². The quantitative estimate of drug-likeness (QED) is 0.621. The van der Waals surface area contributed by atoms with Gasteiger partial charge in [-0.15, -0.1) is 0 Å². The third-order valence-electron chi connectivity index (χ3n) is 4.50. The average Bonchev–Trinajstić information content (AvgIpc) is 3.35. The number of thioether (sulfide) groups is 1. The topological polar surface area (TPSA) is 118 Å². The van der Waals surface area contributed by atoms with E-state index in [2.05, 4.69) is 5.32 Å². The van der Waals surface area contributed by atoms with Crippen molar-refractivity contribution >= 4 is 34.9 Å². The number of nitriles is 1. The van der Waals surface area contributed by atoms with Crippen molar-refractivity contribution in [1.82, 2.24) is 10.2 Å². The molecule has 0 radical (unpaired) electrons. The molecule has 3 rings (SSSR count). The number of ether oxygens (including phenoxy) is 3. The highest BCUT2D eigenvalue weighted by molar-refractivity contribution is 8.18. The third kappa shape index (κ3) is 5.31. The first-order chi connectivity index (χ1) is 14.5. The van der Waals surface area contributed by atoms with Crippen molar-refractivity contribution in [1.29, 1.82) is 5.26 Å². The SMILES string of the molecule is COc1cc(/C=C2\SC(=O)N(CC(=O)NC[C@@H]3CCCO3)C2=O)ccc1OCC#N. The number of nitrogens with zero attached hydrogens (tertiary/aromatic N) is 2. The van der Waals surface area contributed by atoms with E-state index in [1.807, 2.05) is 6.07 Å². The van der Waals surface area contributed by atoms with Crippen LogP contribution in [0.4, 0.5) is 4.79 Å². The summed E-state index contributed by atoms with van der Waals surface area (Å²) in [5, 5.41) is 10.8. The predicted molar refractivity (Wildman–Crippen MR) is 109 cm³/mol. The maximum Gasteiger partial charge on any atom is 0.294 e. The van der Waals surface area contributed by atoms with Crippen molar-refractivity contribution in [2.75, 3.05) is 33.4 Å². The lowest BCUT2D eigenvalue weighted by Crippen LogP contribution is -2.41. The number of benzene rings is 1. The molecule has 1 aromatic carbocycles. The standard InChI is InChI=1S/C20H21N3O6S/c1-27-16-9-13(4-5-15(16)29-8-6-21)10-17-19(25)23(20(26)30-17)12-18(24)22-11-14-3-2-7-28-14/h4-5,9-10,14H,2-3,7-8,11-12H2,1H3,(H,22,24)/b17-10-/t14-/m0/s1. The lowest BCUT2D eigenvalue weighted by Gasteiger charge is -2.14. The second-order valence-corrected chi connectivity index (χ2v) is 7.56. The van der Waals surface area contributed by atoms with Crippen LogP contribution < -0.4 is 14.8 Å². The number of methoxy groups -OCH3 is 1. The Morgan fingerprint density at radius 1 is 1.43 bits per heavy atom. The molecule has 10 heteroatoms. The number of imide groups is 1. The predicted octanol–water partition coefficient (Wildman–Crippen LogP) is 1.93. The zero-order valence-electron chi connectivity index (χ0n) is 16.4. The van der Waals surface area contributed by atoms with E-state index in [1.54, 1.807) is 24.3 Å². The van der Waals surface area contributed by atoms with Gasteiger partial charge >= 0.3 is 0 Å². The second kappa shape index (κ2) is 10.1. The highest BCUT2D eigenvalue weighted by atomic mass is 32.2. The highest BCUT2D eigenvalue weighted by Gasteiger charge is 2.36. The van der Waals surface area contributed by atoms with Crippen molar-refractivity contribution < 1.29 is 28.6 Å². The smallest absolute Gasteiger partial charge is 0.294 e. The van der Waals surface area contributed by atoms with Crippen LogP contribution in [0.25, 0.3) is 6.08 Å². The number of amides is 3. The summed E-state index contributed by atoms with van der Waals surface area (Å²) in [6, 6.07) is 6.80. The second-order valence-electron chi connectivity index (χ2n) is 6.56. The molecule has 1 atom stereocenters. The van der Waals surface area contributed by atoms with E-state index in [-0.39, 0.29) is 24.2 Å². The van der Waals surface area contributed by atoms with Crippen LogP contribution in [0.2, 0.25) is 0 Å². The van der Waals surface area contributed by atoms with Gasteiger partial charge < -0.3 is 19.5 Å². The largest absolute Gasteiger partial charge is 0.493 e. The van der Waals surface area contributed by atoms with Crippen LogP contribution in [-0.4, -0.2) is 61.5 Å². The minimum absolute atomic E-state index is 0.0149. The van der Waals surface area contributed by atoms with Gasteiger partial charge in [0, 0.05) is 13.2 Å². The molecule has 1 N–H and O–H groups in total. The van der Waals surface area contributed by atoms with Gasteiger partial charge in [0.25, 0.3) is 11.1 Å². The van der Waals surface area contributed by atoms with Crippen LogP contribution in [0.15, 0.2) is 23.1 Å². The highest BCUT2D eigenvalue weighted by Crippen LogP contribution is 2.34. The molecule has 158 valence electrons. The zero-order valence-corrected chi connectivity index (χ0v) is 17.2. The van der Waals surface area contributed by atoms with Gasteiger partial charge in [-0.2, -0.15) is 5.26 Å². The van der Waals surface area contributed by atoms with E-state index in [1.165, 1.54) is 7.11 Å². The van der Waals surface area contributed by atoms with Gasteiger partial charge in [-0.05, 0) is 48.4 Å². The molecule has 0 aromatic heterocycles. The molecule has 0 saturated carbocycles. The molecule has 2 aliphatic heterocycles. The molecule has 2 saturated heterocycles. The van der Waals surface area contributed by atoms with Crippen LogP contribution in [0.5, 0.6) is 11.5 Å². The Morgan fingerprint density at radius 2 is 2.27 bits per heavy atom. The van der Waals surface area contributed by atoms with Crippen LogP contribution in [0.1, 0.15) is 18.4 Å². The van der Waals surface area contributed by atoms with Crippen molar-refractivity contribution in [2.45, 2.75) is 18.9 Å². The van der Waals surface area contributed by atoms with Crippen LogP contribution in [-0.2, 0) is 14.3 Å². The number of carbonyl (C=O) groups excluding carboxylic acids is 3. The summed E-state index contributed by atoms with van der Waals surface area (Å²) in [4.78, 5) is 38.1. The van der Waals surface area contributed by atoms with Crippen molar-refractivity contribution in [3.63, 3.8) is 0 Å². The average molecular weight is 431 g/mol. The summed E-state index contributed by atoms with van der Waals surface area (Å²) in [5.41, 5.74) is 0.615. The summed E-state index contributed by atoms with van der Waals surface area (Å²) in [5.74, 6) is -0.144. The summed E-state index contributed by atoms with van der Waals surface area (Å²) in [6.45, 7) is 0.595. The normalized spacial score (nSPS) is 19.8. The van der Waals surface area contributed by atoms with Gasteiger partial charge in [0.05, 0.1) is 18.1 Å². The molecule has 30 heavy (non-hydrogen) atoms. The fourth-order valence-corrected chi connectivity index (χ4v) is 3.86. The lowest BCUT2D eigenvalue weighted by atomic mass is 10.2. The van der Waals surface area contributed by atoms with Gasteiger partial charge in [0.15, 0.2) is 18.1 Å². The lowest BCUT2D eigenvalue weighted by molar-refractivity contribution is -0.129. The zero-order chi connectivity index (χ0) is 21.5. The summed E-state index contributed by atoms with van der Waals surface area (Å²) in [6.07, 6.45) is 3.38.